The van der Waals surface area contributed by atoms with E-state index in [-0.39, 0.29) is 5.60 Å². The first kappa shape index (κ1) is 17.0. The summed E-state index contributed by atoms with van der Waals surface area (Å²) in [5.41, 5.74) is 1.26. The van der Waals surface area contributed by atoms with Crippen molar-refractivity contribution in [3.05, 3.63) is 29.8 Å². The molecular formula is C18H31NO. The lowest BCUT2D eigenvalue weighted by atomic mass is 9.98. The van der Waals surface area contributed by atoms with Crippen LogP contribution in [0.1, 0.15) is 65.4 Å². The van der Waals surface area contributed by atoms with Crippen LogP contribution in [0, 0.1) is 0 Å². The summed E-state index contributed by atoms with van der Waals surface area (Å²) < 4.78 is 6.20. The Morgan fingerprint density at radius 3 is 2.30 bits per heavy atom. The van der Waals surface area contributed by atoms with E-state index in [9.17, 15) is 0 Å². The van der Waals surface area contributed by atoms with E-state index < -0.39 is 0 Å². The first-order chi connectivity index (χ1) is 9.54. The van der Waals surface area contributed by atoms with Crippen molar-refractivity contribution in [3.8, 4) is 5.75 Å². The molecular weight excluding hydrogens is 246 g/mol. The van der Waals surface area contributed by atoms with Gasteiger partial charge in [-0.15, -0.1) is 0 Å². The number of benzene rings is 1. The van der Waals surface area contributed by atoms with Crippen LogP contribution >= 0.6 is 0 Å². The fraction of sp³-hybridized carbons (Fsp3) is 0.667. The summed E-state index contributed by atoms with van der Waals surface area (Å²) in [6.45, 7) is 13.0. The van der Waals surface area contributed by atoms with Gasteiger partial charge in [0.1, 0.15) is 11.4 Å². The molecule has 0 spiro atoms. The Bertz CT molecular complexity index is 374. The number of hydrogen-bond acceptors (Lipinski definition) is 2. The lowest BCUT2D eigenvalue weighted by Crippen LogP contribution is -2.42. The van der Waals surface area contributed by atoms with Gasteiger partial charge in [0.25, 0.3) is 0 Å². The number of hydrogen-bond donors (Lipinski definition) is 1. The van der Waals surface area contributed by atoms with Crippen LogP contribution in [-0.2, 0) is 0 Å². The molecule has 0 bridgehead atoms. The molecule has 2 heteroatoms. The molecule has 0 aliphatic carbocycles. The van der Waals surface area contributed by atoms with Gasteiger partial charge in [-0.2, -0.15) is 0 Å². The van der Waals surface area contributed by atoms with Crippen LogP contribution in [0.3, 0.4) is 0 Å². The van der Waals surface area contributed by atoms with Crippen LogP contribution < -0.4 is 10.1 Å². The predicted octanol–water partition coefficient (Wildman–Crippen LogP) is 4.75. The van der Waals surface area contributed by atoms with Gasteiger partial charge in [-0.25, -0.2) is 0 Å². The van der Waals surface area contributed by atoms with Gasteiger partial charge in [0.2, 0.25) is 0 Å². The zero-order valence-corrected chi connectivity index (χ0v) is 13.8. The second kappa shape index (κ2) is 8.31. The van der Waals surface area contributed by atoms with Gasteiger partial charge in [-0.05, 0) is 56.3 Å². The molecule has 0 aliphatic rings. The van der Waals surface area contributed by atoms with Gasteiger partial charge in [-0.3, -0.25) is 0 Å². The highest BCUT2D eigenvalue weighted by Gasteiger charge is 2.23. The van der Waals surface area contributed by atoms with Crippen LogP contribution in [-0.4, -0.2) is 18.7 Å². The molecule has 1 aromatic rings. The lowest BCUT2D eigenvalue weighted by Gasteiger charge is -2.30. The highest BCUT2D eigenvalue weighted by molar-refractivity contribution is 5.29. The largest absolute Gasteiger partial charge is 0.486 e. The molecule has 1 N–H and O–H groups in total. The molecule has 2 unspecified atom stereocenters. The first-order valence-corrected chi connectivity index (χ1v) is 8.04. The molecule has 2 nitrogen and oxygen atoms in total. The summed E-state index contributed by atoms with van der Waals surface area (Å²) in [6.07, 6.45) is 3.33. The second-order valence-corrected chi connectivity index (χ2v) is 5.96. The van der Waals surface area contributed by atoms with Crippen LogP contribution in [0.15, 0.2) is 24.3 Å². The standard InChI is InChI=1S/C18H31NO/c1-6-13-19-14-18(5,8-3)20-17-11-9-16(10-12-17)15(4)7-2/h9-12,15,19H,6-8,13-14H2,1-5H3. The Kier molecular flexibility index (Phi) is 7.08. The molecule has 0 radical (unpaired) electrons. The van der Waals surface area contributed by atoms with Crippen molar-refractivity contribution in [2.45, 2.75) is 65.4 Å². The smallest absolute Gasteiger partial charge is 0.120 e. The van der Waals surface area contributed by atoms with E-state index in [2.05, 4.69) is 64.2 Å². The van der Waals surface area contributed by atoms with E-state index in [1.54, 1.807) is 0 Å². The normalized spacial score (nSPS) is 15.7. The van der Waals surface area contributed by atoms with Gasteiger partial charge < -0.3 is 10.1 Å². The van der Waals surface area contributed by atoms with E-state index in [0.29, 0.717) is 5.92 Å². The molecule has 114 valence electrons. The van der Waals surface area contributed by atoms with E-state index in [0.717, 1.165) is 31.7 Å². The average Bonchev–Trinajstić information content (AvgIpc) is 2.47. The van der Waals surface area contributed by atoms with Gasteiger partial charge in [0.05, 0.1) is 0 Å². The Morgan fingerprint density at radius 2 is 1.80 bits per heavy atom. The number of rotatable bonds is 9. The van der Waals surface area contributed by atoms with Crippen molar-refractivity contribution in [2.24, 2.45) is 0 Å². The van der Waals surface area contributed by atoms with E-state index in [1.165, 1.54) is 12.0 Å². The summed E-state index contributed by atoms with van der Waals surface area (Å²) in [6, 6.07) is 8.60. The molecule has 0 aliphatic heterocycles. The fourth-order valence-electron chi connectivity index (χ4n) is 2.15. The third kappa shape index (κ3) is 5.16. The predicted molar refractivity (Wildman–Crippen MR) is 87.6 cm³/mol. The third-order valence-electron chi connectivity index (χ3n) is 4.10. The average molecular weight is 277 g/mol. The minimum Gasteiger partial charge on any atom is -0.486 e. The van der Waals surface area contributed by atoms with Crippen molar-refractivity contribution >= 4 is 0 Å². The molecule has 0 amide bonds. The number of nitrogens with one attached hydrogen (secondary N) is 1. The van der Waals surface area contributed by atoms with Gasteiger partial charge in [0, 0.05) is 6.54 Å². The van der Waals surface area contributed by atoms with Crippen LogP contribution in [0.5, 0.6) is 5.75 Å². The van der Waals surface area contributed by atoms with Crippen molar-refractivity contribution in [1.29, 1.82) is 0 Å². The Morgan fingerprint density at radius 1 is 1.15 bits per heavy atom. The molecule has 1 aromatic carbocycles. The van der Waals surface area contributed by atoms with Gasteiger partial charge in [-0.1, -0.05) is 39.8 Å². The quantitative estimate of drug-likeness (QED) is 0.658. The molecule has 0 fully saturated rings. The molecule has 0 aromatic heterocycles. The van der Waals surface area contributed by atoms with Crippen LogP contribution in [0.25, 0.3) is 0 Å². The minimum atomic E-state index is -0.132. The summed E-state index contributed by atoms with van der Waals surface area (Å²) in [7, 11) is 0. The van der Waals surface area contributed by atoms with Crippen molar-refractivity contribution < 1.29 is 4.74 Å². The molecule has 0 saturated heterocycles. The van der Waals surface area contributed by atoms with Crippen molar-refractivity contribution in [1.82, 2.24) is 5.32 Å². The van der Waals surface area contributed by atoms with E-state index in [4.69, 9.17) is 4.74 Å². The Hall–Kier alpha value is -1.02. The number of ether oxygens (including phenoxy) is 1. The van der Waals surface area contributed by atoms with E-state index in [1.807, 2.05) is 0 Å². The van der Waals surface area contributed by atoms with Gasteiger partial charge in [0.15, 0.2) is 0 Å². The highest BCUT2D eigenvalue weighted by Crippen LogP contribution is 2.25. The van der Waals surface area contributed by atoms with Crippen molar-refractivity contribution in [2.75, 3.05) is 13.1 Å². The monoisotopic (exact) mass is 277 g/mol. The Labute approximate surface area is 124 Å². The van der Waals surface area contributed by atoms with Crippen LogP contribution in [0.2, 0.25) is 0 Å². The molecule has 20 heavy (non-hydrogen) atoms. The summed E-state index contributed by atoms with van der Waals surface area (Å²) >= 11 is 0. The maximum atomic E-state index is 6.20. The first-order valence-electron chi connectivity index (χ1n) is 8.04. The molecule has 0 saturated carbocycles. The topological polar surface area (TPSA) is 21.3 Å². The summed E-state index contributed by atoms with van der Waals surface area (Å²) in [5, 5.41) is 3.46. The lowest BCUT2D eigenvalue weighted by molar-refractivity contribution is 0.0837. The van der Waals surface area contributed by atoms with Crippen molar-refractivity contribution in [3.63, 3.8) is 0 Å². The maximum Gasteiger partial charge on any atom is 0.120 e. The SMILES string of the molecule is CCCNCC(C)(CC)Oc1ccc(C(C)CC)cc1. The van der Waals surface area contributed by atoms with Crippen LogP contribution in [0.4, 0.5) is 0 Å². The highest BCUT2D eigenvalue weighted by atomic mass is 16.5. The van der Waals surface area contributed by atoms with E-state index >= 15 is 0 Å². The summed E-state index contributed by atoms with van der Waals surface area (Å²) in [4.78, 5) is 0. The summed E-state index contributed by atoms with van der Waals surface area (Å²) in [5.74, 6) is 1.59. The fourth-order valence-corrected chi connectivity index (χ4v) is 2.15. The molecule has 0 heterocycles. The third-order valence-corrected chi connectivity index (χ3v) is 4.10. The molecule has 1 rings (SSSR count). The maximum absolute atomic E-state index is 6.20. The molecule has 2 atom stereocenters. The second-order valence-electron chi connectivity index (χ2n) is 5.96. The minimum absolute atomic E-state index is 0.132. The Balaban J connectivity index is 2.65. The van der Waals surface area contributed by atoms with Gasteiger partial charge >= 0.3 is 0 Å². The zero-order valence-electron chi connectivity index (χ0n) is 13.8. The zero-order chi connectivity index (χ0) is 15.0.